The highest BCUT2D eigenvalue weighted by Crippen LogP contribution is 2.38. The van der Waals surface area contributed by atoms with Crippen LogP contribution in [-0.4, -0.2) is 22.4 Å². The fourth-order valence-electron chi connectivity index (χ4n) is 1.40. The second-order valence-corrected chi connectivity index (χ2v) is 6.84. The SMILES string of the molecule is CSc1nnc(SC(C(=O)NN)c2ccccc2)s1. The van der Waals surface area contributed by atoms with Gasteiger partial charge in [0.15, 0.2) is 8.68 Å². The maximum Gasteiger partial charge on any atom is 0.251 e. The molecule has 1 heterocycles. The Morgan fingerprint density at radius 1 is 1.32 bits per heavy atom. The third-order valence-electron chi connectivity index (χ3n) is 2.26. The zero-order valence-corrected chi connectivity index (χ0v) is 12.5. The molecular weight excluding hydrogens is 300 g/mol. The normalized spacial score (nSPS) is 12.1. The molecule has 1 aromatic carbocycles. The zero-order chi connectivity index (χ0) is 13.7. The van der Waals surface area contributed by atoms with Crippen molar-refractivity contribution in [3.63, 3.8) is 0 Å². The van der Waals surface area contributed by atoms with E-state index in [1.165, 1.54) is 34.9 Å². The first kappa shape index (κ1) is 14.3. The number of rotatable bonds is 5. The van der Waals surface area contributed by atoms with Crippen LogP contribution in [0.5, 0.6) is 0 Å². The van der Waals surface area contributed by atoms with Crippen LogP contribution in [0.2, 0.25) is 0 Å². The van der Waals surface area contributed by atoms with Crippen LogP contribution in [0.15, 0.2) is 39.0 Å². The first-order chi connectivity index (χ1) is 9.24. The Bertz CT molecular complexity index is 546. The van der Waals surface area contributed by atoms with Gasteiger partial charge in [0.25, 0.3) is 5.91 Å². The van der Waals surface area contributed by atoms with Crippen LogP contribution in [0.1, 0.15) is 10.8 Å². The van der Waals surface area contributed by atoms with Gasteiger partial charge in [-0.05, 0) is 11.8 Å². The lowest BCUT2D eigenvalue weighted by Crippen LogP contribution is -2.33. The summed E-state index contributed by atoms with van der Waals surface area (Å²) in [6, 6.07) is 9.47. The lowest BCUT2D eigenvalue weighted by Gasteiger charge is -2.13. The molecule has 2 aromatic rings. The third kappa shape index (κ3) is 3.69. The summed E-state index contributed by atoms with van der Waals surface area (Å²) < 4.78 is 1.63. The van der Waals surface area contributed by atoms with E-state index in [-0.39, 0.29) is 5.91 Å². The minimum absolute atomic E-state index is 0.253. The van der Waals surface area contributed by atoms with E-state index in [1.54, 1.807) is 0 Å². The van der Waals surface area contributed by atoms with E-state index in [1.807, 2.05) is 36.6 Å². The summed E-state index contributed by atoms with van der Waals surface area (Å²) in [5, 5.41) is 7.65. The molecule has 0 bridgehead atoms. The van der Waals surface area contributed by atoms with Gasteiger partial charge in [0.05, 0.1) is 0 Å². The number of hydrogen-bond acceptors (Lipinski definition) is 7. The molecule has 5 nitrogen and oxygen atoms in total. The number of nitrogens with two attached hydrogens (primary N) is 1. The van der Waals surface area contributed by atoms with Crippen molar-refractivity contribution in [3.8, 4) is 0 Å². The molecule has 1 aromatic heterocycles. The Balaban J connectivity index is 2.21. The number of benzene rings is 1. The van der Waals surface area contributed by atoms with Crippen molar-refractivity contribution in [3.05, 3.63) is 35.9 Å². The van der Waals surface area contributed by atoms with Gasteiger partial charge in [0, 0.05) is 0 Å². The van der Waals surface area contributed by atoms with Crippen molar-refractivity contribution in [2.75, 3.05) is 6.26 Å². The highest BCUT2D eigenvalue weighted by molar-refractivity contribution is 8.03. The van der Waals surface area contributed by atoms with E-state index in [9.17, 15) is 4.79 Å². The van der Waals surface area contributed by atoms with E-state index in [2.05, 4.69) is 15.6 Å². The molecule has 8 heteroatoms. The van der Waals surface area contributed by atoms with Crippen LogP contribution >= 0.6 is 34.9 Å². The maximum atomic E-state index is 11.9. The van der Waals surface area contributed by atoms with Crippen molar-refractivity contribution in [2.45, 2.75) is 13.9 Å². The first-order valence-electron chi connectivity index (χ1n) is 5.34. The van der Waals surface area contributed by atoms with Crippen LogP contribution in [0.25, 0.3) is 0 Å². The van der Waals surface area contributed by atoms with Gasteiger partial charge < -0.3 is 0 Å². The largest absolute Gasteiger partial charge is 0.293 e. The van der Waals surface area contributed by atoms with Crippen LogP contribution in [0.4, 0.5) is 0 Å². The number of hydrazine groups is 1. The number of carbonyl (C=O) groups is 1. The summed E-state index contributed by atoms with van der Waals surface area (Å²) in [4.78, 5) is 11.9. The second kappa shape index (κ2) is 6.90. The average molecular weight is 312 g/mol. The summed E-state index contributed by atoms with van der Waals surface area (Å²) >= 11 is 4.35. The van der Waals surface area contributed by atoms with Gasteiger partial charge in [-0.25, -0.2) is 5.84 Å². The summed E-state index contributed by atoms with van der Waals surface area (Å²) in [6.45, 7) is 0. The molecule has 0 fully saturated rings. The lowest BCUT2D eigenvalue weighted by molar-refractivity contribution is -0.120. The topological polar surface area (TPSA) is 80.9 Å². The molecule has 1 atom stereocenters. The van der Waals surface area contributed by atoms with Crippen LogP contribution < -0.4 is 11.3 Å². The molecular formula is C11H12N4OS3. The number of hydrogen-bond donors (Lipinski definition) is 2. The molecule has 0 saturated carbocycles. The molecule has 0 saturated heterocycles. The molecule has 19 heavy (non-hydrogen) atoms. The molecule has 2 rings (SSSR count). The summed E-state index contributed by atoms with van der Waals surface area (Å²) in [6.07, 6.45) is 1.94. The highest BCUT2D eigenvalue weighted by atomic mass is 32.2. The van der Waals surface area contributed by atoms with Gasteiger partial charge in [-0.1, -0.05) is 65.2 Å². The molecule has 0 radical (unpaired) electrons. The molecule has 0 aliphatic heterocycles. The Morgan fingerprint density at radius 2 is 2.00 bits per heavy atom. The number of aromatic nitrogens is 2. The Morgan fingerprint density at radius 3 is 2.58 bits per heavy atom. The first-order valence-corrected chi connectivity index (χ1v) is 8.26. The monoisotopic (exact) mass is 312 g/mol. The van der Waals surface area contributed by atoms with Gasteiger partial charge >= 0.3 is 0 Å². The molecule has 100 valence electrons. The van der Waals surface area contributed by atoms with Crippen molar-refractivity contribution < 1.29 is 4.79 Å². The van der Waals surface area contributed by atoms with Gasteiger partial charge in [0.2, 0.25) is 0 Å². The number of carbonyl (C=O) groups excluding carboxylic acids is 1. The van der Waals surface area contributed by atoms with Crippen molar-refractivity contribution >= 4 is 40.8 Å². The standard InChI is InChI=1S/C11H12N4OS3/c1-17-10-14-15-11(19-10)18-8(9(16)13-12)7-5-3-2-4-6-7/h2-6,8H,12H2,1H3,(H,13,16). The van der Waals surface area contributed by atoms with Gasteiger partial charge in [-0.3, -0.25) is 10.2 Å². The number of thioether (sulfide) groups is 2. The zero-order valence-electron chi connectivity index (χ0n) is 10.1. The van der Waals surface area contributed by atoms with Gasteiger partial charge in [-0.2, -0.15) is 0 Å². The van der Waals surface area contributed by atoms with Gasteiger partial charge in [-0.15, -0.1) is 10.2 Å². The minimum Gasteiger partial charge on any atom is -0.293 e. The van der Waals surface area contributed by atoms with Gasteiger partial charge in [0.1, 0.15) is 5.25 Å². The molecule has 0 spiro atoms. The van der Waals surface area contributed by atoms with Crippen LogP contribution in [0, 0.1) is 0 Å². The van der Waals surface area contributed by atoms with Crippen molar-refractivity contribution in [1.29, 1.82) is 0 Å². The fraction of sp³-hybridized carbons (Fsp3) is 0.182. The Labute approximate surface area is 123 Å². The summed E-state index contributed by atoms with van der Waals surface area (Å²) in [5.74, 6) is 4.99. The predicted octanol–water partition coefficient (Wildman–Crippen LogP) is 2.08. The summed E-state index contributed by atoms with van der Waals surface area (Å²) in [7, 11) is 0. The number of nitrogens with one attached hydrogen (secondary N) is 1. The van der Waals surface area contributed by atoms with Crippen molar-refractivity contribution in [1.82, 2.24) is 15.6 Å². The lowest BCUT2D eigenvalue weighted by atomic mass is 10.1. The fourth-order valence-corrected chi connectivity index (χ4v) is 4.04. The van der Waals surface area contributed by atoms with E-state index >= 15 is 0 Å². The van der Waals surface area contributed by atoms with Crippen molar-refractivity contribution in [2.24, 2.45) is 5.84 Å². The molecule has 0 aliphatic carbocycles. The van der Waals surface area contributed by atoms with E-state index in [0.717, 1.165) is 14.2 Å². The Hall–Kier alpha value is -1.09. The second-order valence-electron chi connectivity index (χ2n) is 3.46. The molecule has 1 unspecified atom stereocenters. The van der Waals surface area contributed by atoms with Crippen LogP contribution in [0.3, 0.4) is 0 Å². The molecule has 3 N–H and O–H groups in total. The third-order valence-corrected chi connectivity index (χ3v) is 5.50. The van der Waals surface area contributed by atoms with E-state index in [0.29, 0.717) is 0 Å². The van der Waals surface area contributed by atoms with E-state index < -0.39 is 5.25 Å². The highest BCUT2D eigenvalue weighted by Gasteiger charge is 2.23. The average Bonchev–Trinajstić information content (AvgIpc) is 2.92. The van der Waals surface area contributed by atoms with Crippen LogP contribution in [-0.2, 0) is 4.79 Å². The molecule has 1 amide bonds. The number of nitrogens with zero attached hydrogens (tertiary/aromatic N) is 2. The minimum atomic E-state index is -0.422. The maximum absolute atomic E-state index is 11.9. The smallest absolute Gasteiger partial charge is 0.251 e. The molecule has 0 aliphatic rings. The Kier molecular flexibility index (Phi) is 5.20. The van der Waals surface area contributed by atoms with E-state index in [4.69, 9.17) is 5.84 Å². The quantitative estimate of drug-likeness (QED) is 0.381. The summed E-state index contributed by atoms with van der Waals surface area (Å²) in [5.41, 5.74) is 3.08. The predicted molar refractivity (Wildman–Crippen MR) is 79.1 cm³/mol. The number of amides is 1.